The summed E-state index contributed by atoms with van der Waals surface area (Å²) in [5.74, 6) is 1.32. The molecule has 1 aliphatic heterocycles. The number of nitrogens with zero attached hydrogens (tertiary/aromatic N) is 5. The Balaban J connectivity index is 1.47. The number of hydrogen-bond donors (Lipinski definition) is 1. The van der Waals surface area contributed by atoms with Crippen molar-refractivity contribution in [2.45, 2.75) is 29.6 Å². The van der Waals surface area contributed by atoms with Crippen LogP contribution in [0.4, 0.5) is 0 Å². The van der Waals surface area contributed by atoms with Gasteiger partial charge >= 0.3 is 0 Å². The molecular formula is C20H19N6OS+. The van der Waals surface area contributed by atoms with Gasteiger partial charge in [-0.2, -0.15) is 0 Å². The smallest absolute Gasteiger partial charge is 0.283 e. The minimum Gasteiger partial charge on any atom is -0.410 e. The van der Waals surface area contributed by atoms with Crippen LogP contribution in [-0.2, 0) is 6.54 Å². The van der Waals surface area contributed by atoms with Crippen molar-refractivity contribution < 1.29 is 9.32 Å². The van der Waals surface area contributed by atoms with Crippen LogP contribution in [0.5, 0.6) is 0 Å². The highest BCUT2D eigenvalue weighted by Gasteiger charge is 2.20. The molecule has 8 heteroatoms. The topological polar surface area (TPSA) is 82.0 Å². The summed E-state index contributed by atoms with van der Waals surface area (Å²) in [5, 5.41) is 10.7. The van der Waals surface area contributed by atoms with E-state index in [1.54, 1.807) is 12.4 Å². The van der Waals surface area contributed by atoms with Crippen LogP contribution in [0.2, 0.25) is 0 Å². The summed E-state index contributed by atoms with van der Waals surface area (Å²) in [5.41, 5.74) is 1.75. The Hall–Kier alpha value is -2.84. The molecule has 0 unspecified atom stereocenters. The van der Waals surface area contributed by atoms with Gasteiger partial charge in [0, 0.05) is 36.2 Å². The lowest BCUT2D eigenvalue weighted by atomic mass is 10.2. The predicted octanol–water partition coefficient (Wildman–Crippen LogP) is 2.40. The number of pyridine rings is 1. The number of likely N-dealkylation sites (tertiary alicyclic amines) is 1. The maximum absolute atomic E-state index is 5.89. The zero-order chi connectivity index (χ0) is 18.8. The van der Waals surface area contributed by atoms with Gasteiger partial charge in [-0.05, 0) is 30.0 Å². The summed E-state index contributed by atoms with van der Waals surface area (Å²) < 4.78 is 5.89. The molecule has 0 bridgehead atoms. The Morgan fingerprint density at radius 2 is 1.89 bits per heavy atom. The van der Waals surface area contributed by atoms with E-state index in [0.29, 0.717) is 16.9 Å². The van der Waals surface area contributed by atoms with E-state index in [4.69, 9.17) is 9.40 Å². The van der Waals surface area contributed by atoms with Crippen LogP contribution < -0.4 is 4.90 Å². The molecule has 0 spiro atoms. The Bertz CT molecular complexity index is 1090. The molecule has 0 atom stereocenters. The second-order valence-electron chi connectivity index (χ2n) is 6.81. The lowest BCUT2D eigenvalue weighted by molar-refractivity contribution is -0.902. The van der Waals surface area contributed by atoms with E-state index in [2.05, 4.69) is 20.2 Å². The molecule has 7 nitrogen and oxygen atoms in total. The van der Waals surface area contributed by atoms with E-state index >= 15 is 0 Å². The molecule has 0 radical (unpaired) electrons. The summed E-state index contributed by atoms with van der Waals surface area (Å²) in [6, 6.07) is 11.8. The number of quaternary nitrogens is 1. The zero-order valence-electron chi connectivity index (χ0n) is 15.2. The van der Waals surface area contributed by atoms with Gasteiger partial charge in [0.25, 0.3) is 11.1 Å². The minimum absolute atomic E-state index is 0.509. The van der Waals surface area contributed by atoms with Crippen LogP contribution in [0.25, 0.3) is 22.3 Å². The first-order valence-corrected chi connectivity index (χ1v) is 10.2. The molecule has 28 heavy (non-hydrogen) atoms. The average molecular weight is 391 g/mol. The van der Waals surface area contributed by atoms with Crippen molar-refractivity contribution in [2.75, 3.05) is 13.1 Å². The van der Waals surface area contributed by atoms with Gasteiger partial charge in [0.2, 0.25) is 0 Å². The van der Waals surface area contributed by atoms with Crippen LogP contribution in [-0.4, -0.2) is 38.2 Å². The second-order valence-corrected chi connectivity index (χ2v) is 7.75. The normalized spacial score (nSPS) is 14.7. The Labute approximate surface area is 166 Å². The maximum Gasteiger partial charge on any atom is 0.283 e. The van der Waals surface area contributed by atoms with E-state index in [1.165, 1.54) is 42.6 Å². The molecular weight excluding hydrogens is 372 g/mol. The second kappa shape index (κ2) is 7.65. The lowest BCUT2D eigenvalue weighted by Gasteiger charge is -2.08. The van der Waals surface area contributed by atoms with Crippen LogP contribution in [0.15, 0.2) is 63.5 Å². The van der Waals surface area contributed by atoms with Crippen molar-refractivity contribution in [1.82, 2.24) is 25.1 Å². The molecule has 1 aromatic carbocycles. The summed E-state index contributed by atoms with van der Waals surface area (Å²) in [6.45, 7) is 3.14. The zero-order valence-corrected chi connectivity index (χ0v) is 16.0. The fourth-order valence-electron chi connectivity index (χ4n) is 3.45. The molecule has 140 valence electrons. The van der Waals surface area contributed by atoms with E-state index in [0.717, 1.165) is 28.0 Å². The Morgan fingerprint density at radius 1 is 1.00 bits per heavy atom. The maximum atomic E-state index is 5.89. The molecule has 1 fully saturated rings. The minimum atomic E-state index is 0.509. The Morgan fingerprint density at radius 3 is 2.75 bits per heavy atom. The number of aromatic nitrogens is 5. The van der Waals surface area contributed by atoms with Crippen molar-refractivity contribution in [1.29, 1.82) is 0 Å². The van der Waals surface area contributed by atoms with Gasteiger partial charge in [-0.25, -0.2) is 9.97 Å². The van der Waals surface area contributed by atoms with Crippen LogP contribution >= 0.6 is 11.8 Å². The number of fused-ring (bicyclic) bond motifs is 1. The molecule has 0 aliphatic carbocycles. The number of benzene rings is 1. The fraction of sp³-hybridized carbons (Fsp3) is 0.250. The van der Waals surface area contributed by atoms with Crippen molar-refractivity contribution in [3.8, 4) is 11.4 Å². The van der Waals surface area contributed by atoms with Gasteiger partial charge in [0.05, 0.1) is 18.6 Å². The highest BCUT2D eigenvalue weighted by molar-refractivity contribution is 7.99. The summed E-state index contributed by atoms with van der Waals surface area (Å²) in [4.78, 5) is 15.1. The SMILES string of the molecule is c1cncc(-c2nc(Sc3nnc(C[NH+]4CCCC4)o3)c3ccccc3n2)c1. The lowest BCUT2D eigenvalue weighted by Crippen LogP contribution is -3.08. The molecule has 5 rings (SSSR count). The summed E-state index contributed by atoms with van der Waals surface area (Å²) in [6.07, 6.45) is 6.05. The van der Waals surface area contributed by atoms with E-state index < -0.39 is 0 Å². The van der Waals surface area contributed by atoms with Gasteiger partial charge in [-0.1, -0.05) is 18.2 Å². The van der Waals surface area contributed by atoms with Gasteiger partial charge in [-0.3, -0.25) is 4.98 Å². The number of rotatable bonds is 5. The molecule has 3 aromatic heterocycles. The van der Waals surface area contributed by atoms with E-state index in [-0.39, 0.29) is 0 Å². The molecule has 4 heterocycles. The predicted molar refractivity (Wildman–Crippen MR) is 105 cm³/mol. The first-order chi connectivity index (χ1) is 13.8. The monoisotopic (exact) mass is 391 g/mol. The third-order valence-electron chi connectivity index (χ3n) is 4.83. The first-order valence-electron chi connectivity index (χ1n) is 9.36. The summed E-state index contributed by atoms with van der Waals surface area (Å²) in [7, 11) is 0. The van der Waals surface area contributed by atoms with Crippen molar-refractivity contribution in [3.63, 3.8) is 0 Å². The number of nitrogens with one attached hydrogen (secondary N) is 1. The standard InChI is InChI=1S/C20H18N6OS/c1-2-8-16-15(7-1)19(23-18(22-16)14-6-5-9-21-12-14)28-20-25-24-17(27-20)13-26-10-3-4-11-26/h1-2,5-9,12H,3-4,10-11,13H2/p+1. The molecule has 1 saturated heterocycles. The van der Waals surface area contributed by atoms with Gasteiger partial charge in [0.15, 0.2) is 12.4 Å². The largest absolute Gasteiger partial charge is 0.410 e. The highest BCUT2D eigenvalue weighted by Crippen LogP contribution is 2.32. The van der Waals surface area contributed by atoms with E-state index in [1.807, 2.05) is 36.4 Å². The molecule has 1 N–H and O–H groups in total. The average Bonchev–Trinajstić information content (AvgIpc) is 3.41. The Kier molecular flexibility index (Phi) is 4.72. The van der Waals surface area contributed by atoms with Crippen molar-refractivity contribution in [3.05, 3.63) is 54.7 Å². The molecule has 0 saturated carbocycles. The van der Waals surface area contributed by atoms with Crippen LogP contribution in [0, 0.1) is 0 Å². The first kappa shape index (κ1) is 17.3. The van der Waals surface area contributed by atoms with Crippen LogP contribution in [0.1, 0.15) is 18.7 Å². The van der Waals surface area contributed by atoms with Crippen molar-refractivity contribution >= 4 is 22.7 Å². The molecule has 1 aliphatic rings. The van der Waals surface area contributed by atoms with E-state index in [9.17, 15) is 0 Å². The van der Waals surface area contributed by atoms with Crippen molar-refractivity contribution in [2.24, 2.45) is 0 Å². The van der Waals surface area contributed by atoms with Crippen LogP contribution in [0.3, 0.4) is 0 Å². The van der Waals surface area contributed by atoms with Gasteiger partial charge in [-0.15, -0.1) is 10.2 Å². The third kappa shape index (κ3) is 3.61. The molecule has 4 aromatic rings. The third-order valence-corrected chi connectivity index (χ3v) is 5.68. The number of para-hydroxylation sites is 1. The molecule has 0 amide bonds. The van der Waals surface area contributed by atoms with Gasteiger partial charge < -0.3 is 9.32 Å². The highest BCUT2D eigenvalue weighted by atomic mass is 32.2. The summed E-state index contributed by atoms with van der Waals surface area (Å²) >= 11 is 1.38. The number of hydrogen-bond acceptors (Lipinski definition) is 7. The fourth-order valence-corrected chi connectivity index (χ4v) is 4.25. The van der Waals surface area contributed by atoms with Gasteiger partial charge in [0.1, 0.15) is 5.03 Å². The quantitative estimate of drug-likeness (QED) is 0.523.